The van der Waals surface area contributed by atoms with Gasteiger partial charge in [-0.3, -0.25) is 38.6 Å². The lowest BCUT2D eigenvalue weighted by Crippen LogP contribution is -2.59. The van der Waals surface area contributed by atoms with Gasteiger partial charge in [-0.1, -0.05) is 66.5 Å². The van der Waals surface area contributed by atoms with Gasteiger partial charge < -0.3 is 59.9 Å². The maximum atomic E-state index is 13.9. The number of carbonyl (C=O) groups is 7. The zero-order valence-corrected chi connectivity index (χ0v) is 34.9. The fourth-order valence-electron chi connectivity index (χ4n) is 5.78. The molecule has 15 N–H and O–H groups in total. The van der Waals surface area contributed by atoms with Crippen LogP contribution in [0.3, 0.4) is 0 Å². The van der Waals surface area contributed by atoms with Crippen LogP contribution in [0.25, 0.3) is 0 Å². The second-order valence-corrected chi connectivity index (χ2v) is 15.0. The third kappa shape index (κ3) is 18.5. The van der Waals surface area contributed by atoms with E-state index in [9.17, 15) is 43.9 Å². The van der Waals surface area contributed by atoms with E-state index in [2.05, 4.69) is 36.9 Å². The molecule has 0 aromatic heterocycles. The maximum absolute atomic E-state index is 13.9. The minimum atomic E-state index is -1.29. The summed E-state index contributed by atoms with van der Waals surface area (Å²) in [5, 5.41) is 34.3. The van der Waals surface area contributed by atoms with Crippen LogP contribution in [0.15, 0.2) is 29.3 Å². The number of nitrogens with zero attached hydrogens (tertiary/aromatic N) is 2. The smallest absolute Gasteiger partial charge is 0.243 e. The van der Waals surface area contributed by atoms with E-state index >= 15 is 0 Å². The third-order valence-corrected chi connectivity index (χ3v) is 9.63. The lowest BCUT2D eigenvalue weighted by atomic mass is 9.96. The normalized spacial score (nSPS) is 15.0. The fourth-order valence-corrected chi connectivity index (χ4v) is 5.78. The Morgan fingerprint density at radius 1 is 0.780 bits per heavy atom. The number of amides is 7. The van der Waals surface area contributed by atoms with Crippen LogP contribution >= 0.6 is 0 Å². The Balaban J connectivity index is 3.32. The van der Waals surface area contributed by atoms with E-state index in [1.807, 2.05) is 26.8 Å². The van der Waals surface area contributed by atoms with E-state index in [-0.39, 0.29) is 50.0 Å². The largest absolute Gasteiger partial charge is 0.394 e. The van der Waals surface area contributed by atoms with Gasteiger partial charge in [0.1, 0.15) is 36.3 Å². The van der Waals surface area contributed by atoms with Crippen molar-refractivity contribution in [2.24, 2.45) is 45.7 Å². The molecule has 59 heavy (non-hydrogen) atoms. The van der Waals surface area contributed by atoms with Crippen molar-refractivity contribution in [1.82, 2.24) is 31.9 Å². The lowest BCUT2D eigenvalue weighted by molar-refractivity contribution is -0.135. The zero-order valence-electron chi connectivity index (χ0n) is 34.9. The van der Waals surface area contributed by atoms with E-state index in [1.54, 1.807) is 45.0 Å². The van der Waals surface area contributed by atoms with Gasteiger partial charge >= 0.3 is 0 Å². The number of nitrogens with one attached hydrogen (secondary N) is 6. The predicted octanol–water partition coefficient (Wildman–Crippen LogP) is -2.36. The van der Waals surface area contributed by atoms with Gasteiger partial charge in [-0.25, -0.2) is 0 Å². The molecule has 0 radical (unpaired) electrons. The van der Waals surface area contributed by atoms with Gasteiger partial charge in [-0.15, -0.1) is 0 Å². The van der Waals surface area contributed by atoms with Crippen molar-refractivity contribution in [3.05, 3.63) is 35.4 Å². The Morgan fingerprint density at radius 3 is 1.92 bits per heavy atom. The Hall–Kier alpha value is -5.81. The number of rotatable bonds is 26. The van der Waals surface area contributed by atoms with E-state index < -0.39 is 96.7 Å². The molecule has 8 atom stereocenters. The lowest BCUT2D eigenvalue weighted by Gasteiger charge is -2.28. The molecule has 0 saturated heterocycles. The van der Waals surface area contributed by atoms with E-state index in [0.29, 0.717) is 24.0 Å². The third-order valence-electron chi connectivity index (χ3n) is 9.63. The molecular weight excluding hydrogens is 765 g/mol. The molecule has 0 fully saturated rings. The zero-order chi connectivity index (χ0) is 44.8. The van der Waals surface area contributed by atoms with Gasteiger partial charge in [0.2, 0.25) is 41.4 Å². The average molecular weight is 829 g/mol. The summed E-state index contributed by atoms with van der Waals surface area (Å²) in [6, 6.07) is 1.35. The number of benzene rings is 1. The monoisotopic (exact) mass is 828 g/mol. The topological polar surface area (TPSA) is 352 Å². The summed E-state index contributed by atoms with van der Waals surface area (Å²) in [6.07, 6.45) is 1.27. The average Bonchev–Trinajstić information content (AvgIpc) is 3.19. The van der Waals surface area contributed by atoms with Crippen LogP contribution in [-0.2, 0) is 40.0 Å². The first kappa shape index (κ1) is 51.2. The fraction of sp³-hybridized carbons (Fsp3) is 0.615. The molecule has 0 heterocycles. The molecule has 0 unspecified atom stereocenters. The van der Waals surface area contributed by atoms with Crippen molar-refractivity contribution in [2.45, 2.75) is 116 Å². The molecule has 0 aliphatic rings. The second-order valence-electron chi connectivity index (χ2n) is 15.0. The van der Waals surface area contributed by atoms with E-state index in [4.69, 9.17) is 22.9 Å². The SMILES string of the molecule is CC[C@H](C)[C@H](NC(=O)[C@H](Cc1cccc(C#N)c1)NC(=O)[C@H](CCCN=C(N)N)NC(=O)CNC(=O)[C@@H](NC(=O)[C@H](CC(C)C)NC(=O)[C@@H](N)CO)[C@@H](C)CC)C(N)=O. The number of guanidine groups is 1. The van der Waals surface area contributed by atoms with Crippen molar-refractivity contribution in [2.75, 3.05) is 19.7 Å². The van der Waals surface area contributed by atoms with Crippen LogP contribution < -0.4 is 54.8 Å². The van der Waals surface area contributed by atoms with Gasteiger partial charge in [0, 0.05) is 13.0 Å². The van der Waals surface area contributed by atoms with Gasteiger partial charge in [0.05, 0.1) is 24.8 Å². The number of nitriles is 1. The molecule has 0 aliphatic heterocycles. The number of nitrogens with two attached hydrogens (primary N) is 4. The van der Waals surface area contributed by atoms with E-state index in [0.717, 1.165) is 0 Å². The molecule has 1 rings (SSSR count). The maximum Gasteiger partial charge on any atom is 0.243 e. The van der Waals surface area contributed by atoms with Crippen molar-refractivity contribution in [3.8, 4) is 6.07 Å². The van der Waals surface area contributed by atoms with Crippen LogP contribution in [0.2, 0.25) is 0 Å². The molecule has 7 amide bonds. The second kappa shape index (κ2) is 26.2. The minimum absolute atomic E-state index is 0.00815. The van der Waals surface area contributed by atoms with Crippen LogP contribution in [0, 0.1) is 29.1 Å². The Labute approximate surface area is 345 Å². The molecular formula is C39H64N12O8. The highest BCUT2D eigenvalue weighted by molar-refractivity contribution is 5.96. The number of aliphatic hydroxyl groups excluding tert-OH is 1. The standard InChI is InChI=1S/C39H64N12O8/c1-7-22(5)31(33(42)54)50-37(58)29(17-24-11-9-12-25(16-24)18-40)49-35(56)27(13-10-14-45-39(43)44)47-30(53)19-46-38(59)32(23(6)8-2)51-36(57)28(15-21(3)4)48-34(55)26(41)20-52/h9,11-12,16,21-23,26-29,31-32,52H,7-8,10,13-15,17,19-20,41H2,1-6H3,(H2,42,54)(H,46,59)(H,47,53)(H,48,55)(H,49,56)(H,50,58)(H,51,57)(H4,43,44,45)/t22-,23-,26-,27-,28-,29-,31-,32-/m0/s1. The highest BCUT2D eigenvalue weighted by Crippen LogP contribution is 2.13. The molecule has 1 aromatic rings. The summed E-state index contributed by atoms with van der Waals surface area (Å²) in [7, 11) is 0. The van der Waals surface area contributed by atoms with Crippen molar-refractivity contribution in [3.63, 3.8) is 0 Å². The number of hydrogen-bond acceptors (Lipinski definition) is 11. The molecule has 20 heteroatoms. The summed E-state index contributed by atoms with van der Waals surface area (Å²) < 4.78 is 0. The highest BCUT2D eigenvalue weighted by Gasteiger charge is 2.33. The van der Waals surface area contributed by atoms with Gasteiger partial charge in [0.15, 0.2) is 5.96 Å². The van der Waals surface area contributed by atoms with Crippen molar-refractivity contribution < 1.29 is 38.7 Å². The van der Waals surface area contributed by atoms with Crippen LogP contribution in [0.1, 0.15) is 84.8 Å². The van der Waals surface area contributed by atoms with Gasteiger partial charge in [-0.2, -0.15) is 5.26 Å². The number of aliphatic imine (C=N–C) groups is 1. The molecule has 0 bridgehead atoms. The number of carbonyl (C=O) groups excluding carboxylic acids is 7. The first-order valence-corrected chi connectivity index (χ1v) is 19.8. The molecule has 0 saturated carbocycles. The van der Waals surface area contributed by atoms with Gasteiger partial charge in [0.25, 0.3) is 0 Å². The Bertz CT molecular complexity index is 1660. The highest BCUT2D eigenvalue weighted by atomic mass is 16.3. The Kier molecular flexibility index (Phi) is 22.8. The minimum Gasteiger partial charge on any atom is -0.394 e. The number of aliphatic hydroxyl groups is 1. The Morgan fingerprint density at radius 2 is 1.36 bits per heavy atom. The first-order chi connectivity index (χ1) is 27.8. The van der Waals surface area contributed by atoms with Crippen molar-refractivity contribution in [1.29, 1.82) is 5.26 Å². The molecule has 1 aromatic carbocycles. The predicted molar refractivity (Wildman–Crippen MR) is 220 cm³/mol. The summed E-state index contributed by atoms with van der Waals surface area (Å²) in [5.41, 5.74) is 22.9. The van der Waals surface area contributed by atoms with Crippen molar-refractivity contribution >= 4 is 47.3 Å². The molecule has 328 valence electrons. The number of hydrogen-bond donors (Lipinski definition) is 11. The summed E-state index contributed by atoms with van der Waals surface area (Å²) in [4.78, 5) is 96.4. The molecule has 20 nitrogen and oxygen atoms in total. The van der Waals surface area contributed by atoms with E-state index in [1.165, 1.54) is 0 Å². The van der Waals surface area contributed by atoms with Crippen LogP contribution in [-0.4, -0.2) is 108 Å². The molecule has 0 aliphatic carbocycles. The first-order valence-electron chi connectivity index (χ1n) is 19.8. The van der Waals surface area contributed by atoms with Gasteiger partial charge in [-0.05, 0) is 54.7 Å². The molecule has 0 spiro atoms. The quantitative estimate of drug-likeness (QED) is 0.0265. The van der Waals surface area contributed by atoms with Crippen LogP contribution in [0.4, 0.5) is 0 Å². The van der Waals surface area contributed by atoms with Crippen LogP contribution in [0.5, 0.6) is 0 Å². The summed E-state index contributed by atoms with van der Waals surface area (Å²) in [6.45, 7) is 9.59. The summed E-state index contributed by atoms with van der Waals surface area (Å²) >= 11 is 0. The summed E-state index contributed by atoms with van der Waals surface area (Å²) in [5.74, 6) is -6.16. The number of primary amides is 1.